The van der Waals surface area contributed by atoms with Crippen molar-refractivity contribution in [2.24, 2.45) is 0 Å². The maximum Gasteiger partial charge on any atom is 0.486 e. The first-order chi connectivity index (χ1) is 20.5. The third-order valence-corrected chi connectivity index (χ3v) is 20.8. The Morgan fingerprint density at radius 1 is 0.310 bits per heavy atom. The van der Waals surface area contributed by atoms with Gasteiger partial charge in [-0.25, -0.2) is 0 Å². The minimum atomic E-state index is -3.03. The summed E-state index contributed by atoms with van der Waals surface area (Å²) >= 11 is 0. The molecule has 0 bridgehead atoms. The molecular weight excluding hydrogens is 577 g/mol. The lowest BCUT2D eigenvalue weighted by Gasteiger charge is -2.50. The van der Waals surface area contributed by atoms with E-state index in [0.717, 1.165) is 37.4 Å². The minimum Gasteiger partial charge on any atom is -0.375 e. The number of rotatable bonds is 30. The van der Waals surface area contributed by atoms with E-state index in [1.807, 2.05) is 0 Å². The second-order valence-electron chi connectivity index (χ2n) is 12.3. The zero-order valence-electron chi connectivity index (χ0n) is 29.0. The van der Waals surface area contributed by atoms with E-state index in [-0.39, 0.29) is 0 Å². The molecule has 1 heterocycles. The Labute approximate surface area is 265 Å². The van der Waals surface area contributed by atoms with Gasteiger partial charge in [-0.1, -0.05) is 136 Å². The highest BCUT2D eigenvalue weighted by Gasteiger charge is 2.66. The Bertz CT molecular complexity index is 526. The molecule has 1 aliphatic rings. The van der Waals surface area contributed by atoms with Crippen molar-refractivity contribution in [1.82, 2.24) is 0 Å². The minimum absolute atomic E-state index is 0.588. The Hall–Kier alpha value is 0.411. The molecule has 1 saturated heterocycles. The van der Waals surface area contributed by atoms with Crippen molar-refractivity contribution >= 4 is 26.4 Å². The quantitative estimate of drug-likeness (QED) is 0.0570. The highest BCUT2D eigenvalue weighted by molar-refractivity contribution is 6.88. The van der Waals surface area contributed by atoms with Crippen molar-refractivity contribution in [1.29, 1.82) is 0 Å². The molecule has 0 aromatic heterocycles. The summed E-state index contributed by atoms with van der Waals surface area (Å²) in [5, 5.41) is 0. The molecule has 0 N–H and O–H groups in total. The topological polar surface area (TPSA) is 55.4 Å². The van der Waals surface area contributed by atoms with Crippen LogP contribution in [0.15, 0.2) is 0 Å². The summed E-state index contributed by atoms with van der Waals surface area (Å²) in [5.74, 6) is 0. The fourth-order valence-electron chi connectivity index (χ4n) is 6.03. The zero-order chi connectivity index (χ0) is 30.8. The number of hydrogen-bond acceptors (Lipinski definition) is 6. The molecule has 0 aliphatic carbocycles. The van der Waals surface area contributed by atoms with Gasteiger partial charge in [0.15, 0.2) is 0 Å². The van der Waals surface area contributed by atoms with Crippen molar-refractivity contribution in [2.45, 2.75) is 195 Å². The second kappa shape index (κ2) is 25.6. The van der Waals surface area contributed by atoms with E-state index in [0.29, 0.717) is 19.8 Å². The van der Waals surface area contributed by atoms with Gasteiger partial charge in [-0.15, -0.1) is 0 Å². The van der Waals surface area contributed by atoms with Crippen LogP contribution in [0.3, 0.4) is 0 Å². The van der Waals surface area contributed by atoms with E-state index >= 15 is 0 Å². The van der Waals surface area contributed by atoms with E-state index < -0.39 is 26.4 Å². The third-order valence-electron chi connectivity index (χ3n) is 8.29. The Kier molecular flexibility index (Phi) is 24.6. The third kappa shape index (κ3) is 17.2. The standard InChI is InChI=1S/C33H72O6Si3/c1-7-13-16-19-22-25-28-31-40(34-10-4)37-41(35-11-5,32-29-26-23-20-17-14-8-2)39-42(38-40,36-12-6)33-30-27-24-21-18-15-9-3/h7-33H2,1-6H3. The highest BCUT2D eigenvalue weighted by Crippen LogP contribution is 2.41. The molecule has 0 aromatic rings. The lowest BCUT2D eigenvalue weighted by atomic mass is 10.1. The second-order valence-corrected chi connectivity index (χ2v) is 21.2. The highest BCUT2D eigenvalue weighted by atomic mass is 28.5. The summed E-state index contributed by atoms with van der Waals surface area (Å²) in [6.07, 6.45) is 26.4. The lowest BCUT2D eigenvalue weighted by molar-refractivity contribution is 0.0157. The summed E-state index contributed by atoms with van der Waals surface area (Å²) in [5.41, 5.74) is 0. The average molecular weight is 649 g/mol. The van der Waals surface area contributed by atoms with E-state index in [4.69, 9.17) is 25.6 Å². The van der Waals surface area contributed by atoms with Gasteiger partial charge >= 0.3 is 26.4 Å². The molecule has 6 nitrogen and oxygen atoms in total. The van der Waals surface area contributed by atoms with Crippen LogP contribution in [0.4, 0.5) is 0 Å². The van der Waals surface area contributed by atoms with E-state index in [1.165, 1.54) is 116 Å². The summed E-state index contributed by atoms with van der Waals surface area (Å²) in [7, 11) is -9.08. The van der Waals surface area contributed by atoms with E-state index in [1.54, 1.807) is 0 Å². The molecule has 0 atom stereocenters. The van der Waals surface area contributed by atoms with Crippen molar-refractivity contribution in [3.8, 4) is 0 Å². The molecule has 1 rings (SSSR count). The van der Waals surface area contributed by atoms with Crippen LogP contribution in [0.1, 0.15) is 176 Å². The smallest absolute Gasteiger partial charge is 0.375 e. The zero-order valence-corrected chi connectivity index (χ0v) is 32.0. The maximum atomic E-state index is 7.05. The molecule has 0 unspecified atom stereocenters. The maximum absolute atomic E-state index is 7.05. The molecule has 0 aromatic carbocycles. The van der Waals surface area contributed by atoms with Crippen molar-refractivity contribution in [3.05, 3.63) is 0 Å². The van der Waals surface area contributed by atoms with Crippen LogP contribution in [-0.2, 0) is 25.6 Å². The van der Waals surface area contributed by atoms with Crippen LogP contribution < -0.4 is 0 Å². The summed E-state index contributed by atoms with van der Waals surface area (Å²) in [6.45, 7) is 14.8. The van der Waals surface area contributed by atoms with Gasteiger partial charge in [-0.3, -0.25) is 0 Å². The number of unbranched alkanes of at least 4 members (excludes halogenated alkanes) is 18. The van der Waals surface area contributed by atoms with Gasteiger partial charge in [-0.2, -0.15) is 0 Å². The SMILES string of the molecule is CCCCCCCCC[Si]1(OCC)O[Si](CCCCCCCCC)(OCC)O[Si](CCCCCCCCC)(OCC)O1. The van der Waals surface area contributed by atoms with E-state index in [9.17, 15) is 0 Å². The Morgan fingerprint density at radius 3 is 0.738 bits per heavy atom. The summed E-state index contributed by atoms with van der Waals surface area (Å²) in [6, 6.07) is 2.53. The molecule has 1 fully saturated rings. The average Bonchev–Trinajstić information content (AvgIpc) is 2.96. The van der Waals surface area contributed by atoms with Crippen molar-refractivity contribution in [3.63, 3.8) is 0 Å². The first kappa shape index (κ1) is 40.4. The molecule has 1 aliphatic heterocycles. The van der Waals surface area contributed by atoms with Crippen molar-refractivity contribution < 1.29 is 25.6 Å². The predicted octanol–water partition coefficient (Wildman–Crippen LogP) is 11.2. The van der Waals surface area contributed by atoms with Gasteiger partial charge in [-0.05, 0) is 40.0 Å². The van der Waals surface area contributed by atoms with Gasteiger partial charge in [0.25, 0.3) is 0 Å². The predicted molar refractivity (Wildman–Crippen MR) is 184 cm³/mol. The molecule has 0 saturated carbocycles. The molecule has 0 radical (unpaired) electrons. The van der Waals surface area contributed by atoms with Crippen molar-refractivity contribution in [2.75, 3.05) is 19.8 Å². The summed E-state index contributed by atoms with van der Waals surface area (Å²) in [4.78, 5) is 0. The fraction of sp³-hybridized carbons (Fsp3) is 1.00. The molecular formula is C33H72O6Si3. The molecule has 252 valence electrons. The van der Waals surface area contributed by atoms with Gasteiger partial charge in [0, 0.05) is 38.0 Å². The monoisotopic (exact) mass is 648 g/mol. The number of hydrogen-bond donors (Lipinski definition) is 0. The van der Waals surface area contributed by atoms with E-state index in [2.05, 4.69) is 41.5 Å². The van der Waals surface area contributed by atoms with Gasteiger partial charge < -0.3 is 25.6 Å². The molecule has 9 heteroatoms. The largest absolute Gasteiger partial charge is 0.486 e. The van der Waals surface area contributed by atoms with Crippen LogP contribution in [0.2, 0.25) is 18.1 Å². The Balaban J connectivity index is 3.08. The molecule has 42 heavy (non-hydrogen) atoms. The first-order valence-corrected chi connectivity index (χ1v) is 24.3. The molecule has 0 amide bonds. The Morgan fingerprint density at radius 2 is 0.524 bits per heavy atom. The molecule has 0 spiro atoms. The van der Waals surface area contributed by atoms with Crippen LogP contribution in [0, 0.1) is 0 Å². The van der Waals surface area contributed by atoms with Crippen LogP contribution in [0.25, 0.3) is 0 Å². The fourth-order valence-corrected chi connectivity index (χ4v) is 21.0. The van der Waals surface area contributed by atoms with Gasteiger partial charge in [0.2, 0.25) is 0 Å². The van der Waals surface area contributed by atoms with Crippen LogP contribution in [0.5, 0.6) is 0 Å². The van der Waals surface area contributed by atoms with Crippen LogP contribution in [-0.4, -0.2) is 46.2 Å². The lowest BCUT2D eigenvalue weighted by Crippen LogP contribution is -2.73. The summed E-state index contributed by atoms with van der Waals surface area (Å²) < 4.78 is 40.9. The van der Waals surface area contributed by atoms with Gasteiger partial charge in [0.1, 0.15) is 0 Å². The van der Waals surface area contributed by atoms with Crippen LogP contribution >= 0.6 is 0 Å². The first-order valence-electron chi connectivity index (χ1n) is 18.5. The normalized spacial score (nSPS) is 24.4. The van der Waals surface area contributed by atoms with Gasteiger partial charge in [0.05, 0.1) is 0 Å².